The lowest BCUT2D eigenvalue weighted by atomic mass is 10.0. The van der Waals surface area contributed by atoms with Gasteiger partial charge in [-0.1, -0.05) is 74.5 Å². The highest BCUT2D eigenvalue weighted by Crippen LogP contribution is 2.24. The maximum Gasteiger partial charge on any atom is 0.245 e. The van der Waals surface area contributed by atoms with Gasteiger partial charge in [0.1, 0.15) is 54.4 Å². The van der Waals surface area contributed by atoms with E-state index < -0.39 is 169 Å². The minimum atomic E-state index is -1.64. The van der Waals surface area contributed by atoms with E-state index in [0.29, 0.717) is 55.4 Å². The molecule has 2 aromatic rings. The summed E-state index contributed by atoms with van der Waals surface area (Å²) >= 11 is 1.45. The number of nitrogens with one attached hydrogen (secondary N) is 8. The first kappa shape index (κ1) is 78.5. The fourth-order valence-electron chi connectivity index (χ4n) is 11.0. The van der Waals surface area contributed by atoms with Gasteiger partial charge in [-0.3, -0.25) is 67.3 Å². The van der Waals surface area contributed by atoms with Crippen LogP contribution < -0.4 is 82.7 Å². The van der Waals surface area contributed by atoms with Crippen LogP contribution in [0.25, 0.3) is 0 Å². The summed E-state index contributed by atoms with van der Waals surface area (Å²) in [5.41, 5.74) is 40.6. The van der Waals surface area contributed by atoms with E-state index in [2.05, 4.69) is 47.5 Å². The molecule has 2 fully saturated rings. The molecule has 10 atom stereocenters. The van der Waals surface area contributed by atoms with Gasteiger partial charge in [0.2, 0.25) is 76.8 Å². The van der Waals surface area contributed by atoms with E-state index in [1.807, 2.05) is 20.1 Å². The summed E-state index contributed by atoms with van der Waals surface area (Å²) in [5, 5.41) is 21.1. The molecule has 0 unspecified atom stereocenters. The topological polar surface area (TPSA) is 519 Å². The SMILES string of the molecule is CSCC[C@H](NC(=O)[C@H](CC(C)C)NC(=O)CNC(=O)[C@@H](Cc1ccccc1)NC(=O)[C@H](Cc1ccccc1)NC(=O)[C@H](CCC(N)=O)NC(=O)[C@H](CCC(N)=O)NC(=O)[C@@H]1CCCN1C(=O)[C@@H](CCCCN)NC(=O)[C@@H]1CCCN1C(=O)[C@@H](N)CCCN=C(N)N)C(N)=O. The van der Waals surface area contributed by atoms with Crippen molar-refractivity contribution in [1.29, 1.82) is 0 Å². The zero-order valence-electron chi connectivity index (χ0n) is 54.5. The van der Waals surface area contributed by atoms with E-state index in [9.17, 15) is 62.3 Å². The minimum Gasteiger partial charge on any atom is -0.370 e. The van der Waals surface area contributed by atoms with Crippen molar-refractivity contribution in [1.82, 2.24) is 52.3 Å². The fourth-order valence-corrected chi connectivity index (χ4v) is 11.5. The Labute approximate surface area is 558 Å². The molecule has 0 spiro atoms. The summed E-state index contributed by atoms with van der Waals surface area (Å²) in [5.74, 6) is -9.80. The average Bonchev–Trinajstić information content (AvgIpc) is 1.74. The van der Waals surface area contributed by atoms with E-state index in [0.717, 1.165) is 0 Å². The minimum absolute atomic E-state index is 0.0736. The Bertz CT molecular complexity index is 2960. The number of guanidine groups is 1. The Kier molecular flexibility index (Phi) is 33.9. The Balaban J connectivity index is 1.56. The Morgan fingerprint density at radius 3 is 1.51 bits per heavy atom. The van der Waals surface area contributed by atoms with Crippen LogP contribution in [0.15, 0.2) is 65.7 Å². The number of carbonyl (C=O) groups excluding carboxylic acids is 13. The van der Waals surface area contributed by atoms with Gasteiger partial charge in [0.25, 0.3) is 0 Å². The maximum atomic E-state index is 14.7. The first-order chi connectivity index (χ1) is 45.2. The number of amides is 13. The molecular formula is C63H98N18O13S. The Hall–Kier alpha value is -8.91. The second-order valence-electron chi connectivity index (χ2n) is 24.1. The van der Waals surface area contributed by atoms with Crippen LogP contribution in [0.5, 0.6) is 0 Å². The van der Waals surface area contributed by atoms with Gasteiger partial charge in [-0.2, -0.15) is 11.8 Å². The summed E-state index contributed by atoms with van der Waals surface area (Å²) in [6, 6.07) is 4.51. The Morgan fingerprint density at radius 1 is 0.537 bits per heavy atom. The lowest BCUT2D eigenvalue weighted by Gasteiger charge is -2.32. The molecule has 13 amide bonds. The van der Waals surface area contributed by atoms with Crippen LogP contribution in [0.3, 0.4) is 0 Å². The molecule has 2 aliphatic heterocycles. The molecule has 2 saturated heterocycles. The molecule has 4 rings (SSSR count). The molecular weight excluding hydrogens is 1250 g/mol. The van der Waals surface area contributed by atoms with E-state index in [1.54, 1.807) is 60.7 Å². The van der Waals surface area contributed by atoms with Crippen LogP contribution in [-0.4, -0.2) is 198 Å². The molecule has 32 heteroatoms. The molecule has 0 aliphatic carbocycles. The van der Waals surface area contributed by atoms with Gasteiger partial charge in [0.05, 0.1) is 12.6 Å². The zero-order chi connectivity index (χ0) is 70.1. The second kappa shape index (κ2) is 41.0. The predicted molar refractivity (Wildman–Crippen MR) is 356 cm³/mol. The highest BCUT2D eigenvalue weighted by atomic mass is 32.2. The van der Waals surface area contributed by atoms with E-state index in [-0.39, 0.29) is 83.0 Å². The summed E-state index contributed by atoms with van der Waals surface area (Å²) in [6.07, 6.45) is 3.12. The second-order valence-corrected chi connectivity index (χ2v) is 25.1. The number of hydrogen-bond donors (Lipinski definition) is 15. The summed E-state index contributed by atoms with van der Waals surface area (Å²) in [7, 11) is 0. The van der Waals surface area contributed by atoms with Crippen molar-refractivity contribution in [2.45, 2.75) is 183 Å². The normalized spacial score (nSPS) is 16.8. The molecule has 2 aliphatic rings. The van der Waals surface area contributed by atoms with E-state index in [4.69, 9.17) is 40.1 Å². The molecule has 524 valence electrons. The largest absolute Gasteiger partial charge is 0.370 e. The van der Waals surface area contributed by atoms with Crippen LogP contribution in [0, 0.1) is 5.92 Å². The summed E-state index contributed by atoms with van der Waals surface area (Å²) in [6.45, 7) is 3.86. The van der Waals surface area contributed by atoms with Gasteiger partial charge in [-0.25, -0.2) is 0 Å². The number of nitrogens with zero attached hydrogens (tertiary/aromatic N) is 3. The van der Waals surface area contributed by atoms with Crippen molar-refractivity contribution in [3.63, 3.8) is 0 Å². The molecule has 2 aromatic carbocycles. The Morgan fingerprint density at radius 2 is 1.01 bits per heavy atom. The number of unbranched alkanes of at least 4 members (excludes halogenated alkanes) is 1. The van der Waals surface area contributed by atoms with Gasteiger partial charge in [0.15, 0.2) is 5.96 Å². The van der Waals surface area contributed by atoms with Gasteiger partial charge in [0, 0.05) is 45.3 Å². The highest BCUT2D eigenvalue weighted by molar-refractivity contribution is 7.98. The molecule has 0 radical (unpaired) electrons. The van der Waals surface area contributed by atoms with E-state index in [1.165, 1.54) is 21.6 Å². The first-order valence-electron chi connectivity index (χ1n) is 32.2. The van der Waals surface area contributed by atoms with Crippen LogP contribution in [0.1, 0.15) is 121 Å². The third-order valence-corrected chi connectivity index (χ3v) is 16.7. The van der Waals surface area contributed by atoms with Crippen molar-refractivity contribution in [3.05, 3.63) is 71.8 Å². The number of primary amides is 3. The van der Waals surface area contributed by atoms with Gasteiger partial charge >= 0.3 is 0 Å². The standard InChI is InChI=1S/C63H98N18O13S/c1-37(2)33-45(57(89)74-41(53(68)85)27-32-95-3)73-52(84)36-72-54(86)46(34-38-15-6-4-7-16-38)78-58(90)47(35-39-17-8-5-9-18-39)79-56(88)42(23-25-50(66)82)75-55(87)43(24-26-51(67)83)76-59(91)49-22-14-31-81(49)62(94)44(20-10-11-28-64)77-60(92)48-21-13-30-80(48)61(93)40(65)19-12-29-71-63(69)70/h4-9,15-18,37,40-49H,10-14,19-36,64-65H2,1-3H3,(H2,66,82)(H2,67,83)(H2,68,85)(H,72,86)(H,73,84)(H,74,89)(H,75,87)(H,76,91)(H,77,92)(H,78,90)(H,79,88)(H4,69,70,71)/t40-,41-,42-,43-,44+,45-,46+,47-,48-,49-/m0/s1. The van der Waals surface area contributed by atoms with Crippen LogP contribution in [-0.2, 0) is 75.2 Å². The third-order valence-electron chi connectivity index (χ3n) is 16.0. The van der Waals surface area contributed by atoms with Gasteiger partial charge < -0.3 is 92.5 Å². The number of aliphatic imine (C=N–C) groups is 1. The van der Waals surface area contributed by atoms with Gasteiger partial charge in [-0.05, 0) is 119 Å². The molecule has 95 heavy (non-hydrogen) atoms. The maximum absolute atomic E-state index is 14.7. The van der Waals surface area contributed by atoms with Crippen LogP contribution in [0.4, 0.5) is 0 Å². The van der Waals surface area contributed by atoms with Crippen molar-refractivity contribution in [2.75, 3.05) is 44.7 Å². The average molecular weight is 1350 g/mol. The smallest absolute Gasteiger partial charge is 0.245 e. The quantitative estimate of drug-likeness (QED) is 0.0173. The lowest BCUT2D eigenvalue weighted by molar-refractivity contribution is -0.144. The number of nitrogens with two attached hydrogens (primary N) is 7. The third kappa shape index (κ3) is 27.5. The first-order valence-corrected chi connectivity index (χ1v) is 33.6. The number of carbonyl (C=O) groups is 13. The molecule has 22 N–H and O–H groups in total. The lowest BCUT2D eigenvalue weighted by Crippen LogP contribution is -2.60. The highest BCUT2D eigenvalue weighted by Gasteiger charge is 2.42. The number of thioether (sulfide) groups is 1. The monoisotopic (exact) mass is 1350 g/mol. The number of likely N-dealkylation sites (tertiary alicyclic amines) is 2. The van der Waals surface area contributed by atoms with Crippen molar-refractivity contribution >= 4 is 94.5 Å². The number of hydrogen-bond acceptors (Lipinski definition) is 17. The van der Waals surface area contributed by atoms with Crippen LogP contribution >= 0.6 is 11.8 Å². The van der Waals surface area contributed by atoms with Crippen LogP contribution in [0.2, 0.25) is 0 Å². The fraction of sp³-hybridized carbons (Fsp3) is 0.587. The number of rotatable bonds is 42. The predicted octanol–water partition coefficient (Wildman–Crippen LogP) is -3.71. The molecule has 0 saturated carbocycles. The van der Waals surface area contributed by atoms with Crippen molar-refractivity contribution in [3.8, 4) is 0 Å². The van der Waals surface area contributed by atoms with Crippen molar-refractivity contribution in [2.24, 2.45) is 51.0 Å². The molecule has 2 heterocycles. The molecule has 0 aromatic heterocycles. The molecule has 0 bridgehead atoms. The number of benzene rings is 2. The molecule has 31 nitrogen and oxygen atoms in total. The summed E-state index contributed by atoms with van der Waals surface area (Å²) in [4.78, 5) is 185. The zero-order valence-corrected chi connectivity index (χ0v) is 55.3. The van der Waals surface area contributed by atoms with Gasteiger partial charge in [-0.15, -0.1) is 0 Å². The van der Waals surface area contributed by atoms with Crippen molar-refractivity contribution < 1.29 is 62.3 Å². The summed E-state index contributed by atoms with van der Waals surface area (Å²) < 4.78 is 0. The van der Waals surface area contributed by atoms with E-state index >= 15 is 0 Å².